The van der Waals surface area contributed by atoms with Crippen molar-refractivity contribution < 1.29 is 14.3 Å². The molecular formula is C21H13N3O3S. The highest BCUT2D eigenvalue weighted by molar-refractivity contribution is 7.00. The molecule has 0 atom stereocenters. The number of ketones is 2. The fourth-order valence-corrected chi connectivity index (χ4v) is 4.00. The molecule has 0 aliphatic heterocycles. The lowest BCUT2D eigenvalue weighted by molar-refractivity contribution is 0.0980. The predicted molar refractivity (Wildman–Crippen MR) is 107 cm³/mol. The number of nitrogens with zero attached hydrogens (tertiary/aromatic N) is 2. The maximum atomic E-state index is 13.1. The van der Waals surface area contributed by atoms with Crippen LogP contribution in [0.5, 0.6) is 5.75 Å². The van der Waals surface area contributed by atoms with Gasteiger partial charge in [-0.15, -0.1) is 0 Å². The van der Waals surface area contributed by atoms with Crippen LogP contribution < -0.4 is 10.1 Å². The quantitative estimate of drug-likeness (QED) is 0.499. The predicted octanol–water partition coefficient (Wildman–Crippen LogP) is 4.22. The van der Waals surface area contributed by atoms with Crippen molar-refractivity contribution in [1.29, 1.82) is 0 Å². The van der Waals surface area contributed by atoms with Crippen molar-refractivity contribution in [3.05, 3.63) is 76.9 Å². The molecule has 0 amide bonds. The van der Waals surface area contributed by atoms with Crippen LogP contribution in [0.15, 0.2) is 54.6 Å². The molecule has 0 unspecified atom stereocenters. The normalized spacial score (nSPS) is 12.6. The van der Waals surface area contributed by atoms with Gasteiger partial charge in [0, 0.05) is 22.4 Å². The van der Waals surface area contributed by atoms with Crippen molar-refractivity contribution in [3.63, 3.8) is 0 Å². The van der Waals surface area contributed by atoms with E-state index in [0.717, 1.165) is 23.2 Å². The third kappa shape index (κ3) is 2.40. The van der Waals surface area contributed by atoms with E-state index in [1.165, 1.54) is 0 Å². The summed E-state index contributed by atoms with van der Waals surface area (Å²) in [5.74, 6) is 0.366. The van der Waals surface area contributed by atoms with Gasteiger partial charge in [-0.1, -0.05) is 24.3 Å². The highest BCUT2D eigenvalue weighted by atomic mass is 32.1. The SMILES string of the molecule is COc1ccc(Nc2cc3c(c4nsnc24)C(=O)c2ccccc2C3=O)cc1. The first-order valence-electron chi connectivity index (χ1n) is 8.56. The zero-order chi connectivity index (χ0) is 19.3. The number of hydrogen-bond donors (Lipinski definition) is 1. The van der Waals surface area contributed by atoms with Crippen LogP contribution in [0.2, 0.25) is 0 Å². The lowest BCUT2D eigenvalue weighted by atomic mass is 9.83. The van der Waals surface area contributed by atoms with E-state index in [9.17, 15) is 9.59 Å². The molecule has 4 aromatic rings. The van der Waals surface area contributed by atoms with Crippen LogP contribution in [0.4, 0.5) is 11.4 Å². The average molecular weight is 387 g/mol. The van der Waals surface area contributed by atoms with E-state index in [0.29, 0.717) is 39.0 Å². The average Bonchev–Trinajstić information content (AvgIpc) is 3.22. The van der Waals surface area contributed by atoms with Gasteiger partial charge >= 0.3 is 0 Å². The van der Waals surface area contributed by atoms with Gasteiger partial charge < -0.3 is 10.1 Å². The van der Waals surface area contributed by atoms with Gasteiger partial charge in [0.2, 0.25) is 0 Å². The summed E-state index contributed by atoms with van der Waals surface area (Å²) < 4.78 is 13.8. The molecule has 0 saturated heterocycles. The van der Waals surface area contributed by atoms with Crippen molar-refractivity contribution in [3.8, 4) is 5.75 Å². The molecule has 7 heteroatoms. The van der Waals surface area contributed by atoms with Crippen LogP contribution in [0.1, 0.15) is 31.8 Å². The van der Waals surface area contributed by atoms with Gasteiger partial charge in [-0.3, -0.25) is 9.59 Å². The zero-order valence-corrected chi connectivity index (χ0v) is 15.5. The molecule has 0 spiro atoms. The van der Waals surface area contributed by atoms with Crippen LogP contribution in [0.25, 0.3) is 11.0 Å². The number of aromatic nitrogens is 2. The first-order chi connectivity index (χ1) is 13.7. The Labute approximate surface area is 164 Å². The summed E-state index contributed by atoms with van der Waals surface area (Å²) in [6.07, 6.45) is 0. The summed E-state index contributed by atoms with van der Waals surface area (Å²) in [5.41, 5.74) is 3.96. The number of fused-ring (bicyclic) bond motifs is 4. The lowest BCUT2D eigenvalue weighted by Crippen LogP contribution is -2.21. The Bertz CT molecular complexity index is 1260. The summed E-state index contributed by atoms with van der Waals surface area (Å²) in [7, 11) is 1.61. The Morgan fingerprint density at radius 3 is 2.25 bits per heavy atom. The molecule has 1 heterocycles. The zero-order valence-electron chi connectivity index (χ0n) is 14.7. The number of ether oxygens (including phenoxy) is 1. The van der Waals surface area contributed by atoms with Gasteiger partial charge in [-0.05, 0) is 30.3 Å². The Morgan fingerprint density at radius 1 is 0.857 bits per heavy atom. The first-order valence-corrected chi connectivity index (χ1v) is 9.29. The number of carbonyl (C=O) groups excluding carboxylic acids is 2. The minimum Gasteiger partial charge on any atom is -0.497 e. The van der Waals surface area contributed by atoms with Crippen molar-refractivity contribution in [1.82, 2.24) is 8.75 Å². The van der Waals surface area contributed by atoms with Crippen LogP contribution in [-0.2, 0) is 0 Å². The maximum absolute atomic E-state index is 13.1. The summed E-state index contributed by atoms with van der Waals surface area (Å²) in [6, 6.07) is 16.0. The number of carbonyl (C=O) groups is 2. The molecule has 3 aromatic carbocycles. The fraction of sp³-hybridized carbons (Fsp3) is 0.0476. The monoisotopic (exact) mass is 387 g/mol. The summed E-state index contributed by atoms with van der Waals surface area (Å²) in [6.45, 7) is 0. The Balaban J connectivity index is 1.68. The molecule has 0 bridgehead atoms. The topological polar surface area (TPSA) is 81.2 Å². The Kier molecular flexibility index (Phi) is 3.70. The molecule has 6 nitrogen and oxygen atoms in total. The van der Waals surface area contributed by atoms with E-state index >= 15 is 0 Å². The molecule has 1 N–H and O–H groups in total. The second kappa shape index (κ2) is 6.24. The Morgan fingerprint density at radius 2 is 1.54 bits per heavy atom. The van der Waals surface area contributed by atoms with Crippen LogP contribution in [0.3, 0.4) is 0 Å². The first kappa shape index (κ1) is 16.6. The minimum atomic E-state index is -0.195. The fourth-order valence-electron chi connectivity index (χ4n) is 3.43. The number of nitrogens with one attached hydrogen (secondary N) is 1. The highest BCUT2D eigenvalue weighted by Crippen LogP contribution is 2.36. The van der Waals surface area contributed by atoms with Crippen molar-refractivity contribution in [2.75, 3.05) is 12.4 Å². The molecule has 0 radical (unpaired) electrons. The van der Waals surface area contributed by atoms with E-state index in [4.69, 9.17) is 4.74 Å². The summed E-state index contributed by atoms with van der Waals surface area (Å²) in [5, 5.41) is 3.28. The second-order valence-electron chi connectivity index (χ2n) is 6.37. The molecule has 5 rings (SSSR count). The van der Waals surface area contributed by atoms with E-state index in [1.807, 2.05) is 24.3 Å². The van der Waals surface area contributed by atoms with Gasteiger partial charge in [-0.25, -0.2) is 0 Å². The molecule has 136 valence electrons. The molecule has 1 aromatic heterocycles. The van der Waals surface area contributed by atoms with Crippen LogP contribution >= 0.6 is 11.7 Å². The molecule has 28 heavy (non-hydrogen) atoms. The number of hydrogen-bond acceptors (Lipinski definition) is 7. The van der Waals surface area contributed by atoms with E-state index in [-0.39, 0.29) is 11.6 Å². The highest BCUT2D eigenvalue weighted by Gasteiger charge is 2.33. The number of rotatable bonds is 3. The summed E-state index contributed by atoms with van der Waals surface area (Å²) in [4.78, 5) is 26.1. The van der Waals surface area contributed by atoms with Gasteiger partial charge in [0.25, 0.3) is 0 Å². The standard InChI is InChI=1S/C21H13N3O3S/c1-27-12-8-6-11(7-9-12)22-16-10-15-17(19-18(16)23-28-24-19)21(26)14-5-3-2-4-13(14)20(15)25/h2-10,22H,1H3. The van der Waals surface area contributed by atoms with Crippen molar-refractivity contribution in [2.24, 2.45) is 0 Å². The molecular weight excluding hydrogens is 374 g/mol. The second-order valence-corrected chi connectivity index (χ2v) is 6.89. The van der Waals surface area contributed by atoms with Crippen LogP contribution in [-0.4, -0.2) is 27.4 Å². The van der Waals surface area contributed by atoms with Crippen molar-refractivity contribution >= 4 is 45.7 Å². The van der Waals surface area contributed by atoms with Crippen LogP contribution in [0, 0.1) is 0 Å². The molecule has 1 aliphatic rings. The van der Waals surface area contributed by atoms with Gasteiger partial charge in [0.05, 0.1) is 30.1 Å². The molecule has 1 aliphatic carbocycles. The minimum absolute atomic E-state index is 0.183. The number of anilines is 2. The smallest absolute Gasteiger partial charge is 0.196 e. The summed E-state index contributed by atoms with van der Waals surface area (Å²) >= 11 is 1.02. The molecule has 0 fully saturated rings. The van der Waals surface area contributed by atoms with Gasteiger partial charge in [0.15, 0.2) is 11.6 Å². The van der Waals surface area contributed by atoms with E-state index in [2.05, 4.69) is 14.1 Å². The lowest BCUT2D eigenvalue weighted by Gasteiger charge is -2.19. The van der Waals surface area contributed by atoms with E-state index < -0.39 is 0 Å². The number of benzene rings is 3. The van der Waals surface area contributed by atoms with Gasteiger partial charge in [-0.2, -0.15) is 8.75 Å². The van der Waals surface area contributed by atoms with Gasteiger partial charge in [0.1, 0.15) is 16.8 Å². The van der Waals surface area contributed by atoms with Crippen molar-refractivity contribution in [2.45, 2.75) is 0 Å². The number of methoxy groups -OCH3 is 1. The maximum Gasteiger partial charge on any atom is 0.196 e. The van der Waals surface area contributed by atoms with E-state index in [1.54, 1.807) is 37.4 Å². The largest absolute Gasteiger partial charge is 0.497 e. The molecule has 0 saturated carbocycles. The third-order valence-corrected chi connectivity index (χ3v) is 5.32. The third-order valence-electron chi connectivity index (χ3n) is 4.80. The Hall–Kier alpha value is -3.58.